The van der Waals surface area contributed by atoms with Gasteiger partial charge >= 0.3 is 0 Å². The number of amides is 1. The van der Waals surface area contributed by atoms with Gasteiger partial charge in [-0.2, -0.15) is 0 Å². The Bertz CT molecular complexity index is 673. The van der Waals surface area contributed by atoms with Crippen molar-refractivity contribution in [3.8, 4) is 0 Å². The standard InChI is InChI=1S/C21H29NO3/c1-5-6-9-25-16-7-8-21(12-16)19(23)18(20(24)22-21)17-14(3)10-13(2)11-15(17)4/h10-11,16,18H,5-9,12H2,1-4H3,(H,22,24). The van der Waals surface area contributed by atoms with Crippen LogP contribution in [0, 0.1) is 20.8 Å². The normalized spacial score (nSPS) is 28.8. The zero-order valence-corrected chi connectivity index (χ0v) is 15.8. The first-order valence-electron chi connectivity index (χ1n) is 9.43. The second-order valence-corrected chi connectivity index (χ2v) is 7.77. The molecule has 25 heavy (non-hydrogen) atoms. The van der Waals surface area contributed by atoms with Crippen LogP contribution in [-0.4, -0.2) is 29.9 Å². The van der Waals surface area contributed by atoms with Crippen molar-refractivity contribution in [2.45, 2.75) is 77.4 Å². The molecule has 1 aromatic rings. The lowest BCUT2D eigenvalue weighted by molar-refractivity contribution is -0.125. The average molecular weight is 343 g/mol. The molecule has 1 saturated heterocycles. The zero-order chi connectivity index (χ0) is 18.2. The molecule has 2 fully saturated rings. The first kappa shape index (κ1) is 18.1. The summed E-state index contributed by atoms with van der Waals surface area (Å²) in [4.78, 5) is 26.0. The fourth-order valence-electron chi connectivity index (χ4n) is 4.55. The van der Waals surface area contributed by atoms with E-state index in [1.165, 1.54) is 0 Å². The van der Waals surface area contributed by atoms with Crippen LogP contribution in [0.4, 0.5) is 0 Å². The molecule has 3 unspecified atom stereocenters. The molecule has 4 heteroatoms. The Morgan fingerprint density at radius 2 is 1.88 bits per heavy atom. The highest BCUT2D eigenvalue weighted by molar-refractivity contribution is 6.17. The summed E-state index contributed by atoms with van der Waals surface area (Å²) in [6, 6.07) is 4.11. The van der Waals surface area contributed by atoms with Crippen LogP contribution in [-0.2, 0) is 14.3 Å². The van der Waals surface area contributed by atoms with E-state index in [-0.39, 0.29) is 17.8 Å². The van der Waals surface area contributed by atoms with Gasteiger partial charge in [0.25, 0.3) is 0 Å². The minimum atomic E-state index is -0.720. The lowest BCUT2D eigenvalue weighted by Gasteiger charge is -2.22. The molecule has 1 aromatic carbocycles. The number of hydrogen-bond donors (Lipinski definition) is 1. The van der Waals surface area contributed by atoms with Crippen LogP contribution in [0.5, 0.6) is 0 Å². The number of unbranched alkanes of at least 4 members (excludes halogenated alkanes) is 1. The van der Waals surface area contributed by atoms with Crippen molar-refractivity contribution in [3.63, 3.8) is 0 Å². The molecule has 1 heterocycles. The van der Waals surface area contributed by atoms with Gasteiger partial charge < -0.3 is 10.1 Å². The van der Waals surface area contributed by atoms with Crippen molar-refractivity contribution >= 4 is 11.7 Å². The van der Waals surface area contributed by atoms with Gasteiger partial charge in [0.2, 0.25) is 5.91 Å². The summed E-state index contributed by atoms with van der Waals surface area (Å²) in [5, 5.41) is 3.05. The molecule has 3 atom stereocenters. The van der Waals surface area contributed by atoms with Crippen LogP contribution in [0.25, 0.3) is 0 Å². The second-order valence-electron chi connectivity index (χ2n) is 7.77. The van der Waals surface area contributed by atoms with Crippen molar-refractivity contribution in [2.24, 2.45) is 0 Å². The second kappa shape index (κ2) is 6.91. The van der Waals surface area contributed by atoms with E-state index in [4.69, 9.17) is 4.74 Å². The van der Waals surface area contributed by atoms with E-state index in [9.17, 15) is 9.59 Å². The Hall–Kier alpha value is -1.68. The number of benzene rings is 1. The van der Waals surface area contributed by atoms with E-state index >= 15 is 0 Å². The van der Waals surface area contributed by atoms with E-state index in [1.807, 2.05) is 20.8 Å². The van der Waals surface area contributed by atoms with E-state index in [0.29, 0.717) is 12.8 Å². The molecule has 1 aliphatic carbocycles. The predicted octanol–water partition coefficient (Wildman–Crippen LogP) is 3.50. The van der Waals surface area contributed by atoms with Crippen molar-refractivity contribution in [3.05, 3.63) is 34.4 Å². The molecule has 0 aromatic heterocycles. The van der Waals surface area contributed by atoms with Gasteiger partial charge in [-0.05, 0) is 56.7 Å². The van der Waals surface area contributed by atoms with Crippen LogP contribution in [0.2, 0.25) is 0 Å². The lowest BCUT2D eigenvalue weighted by atomic mass is 9.82. The summed E-state index contributed by atoms with van der Waals surface area (Å²) in [6.07, 6.45) is 4.36. The van der Waals surface area contributed by atoms with Gasteiger partial charge in [0.05, 0.1) is 6.10 Å². The highest BCUT2D eigenvalue weighted by Crippen LogP contribution is 2.42. The Balaban J connectivity index is 1.82. The van der Waals surface area contributed by atoms with Crippen molar-refractivity contribution < 1.29 is 14.3 Å². The number of aryl methyl sites for hydroxylation is 3. The van der Waals surface area contributed by atoms with Crippen LogP contribution in [0.1, 0.15) is 67.2 Å². The molecule has 1 amide bonds. The predicted molar refractivity (Wildman–Crippen MR) is 97.8 cm³/mol. The number of ether oxygens (including phenoxy) is 1. The minimum Gasteiger partial charge on any atom is -0.378 e. The Kier molecular flexibility index (Phi) is 5.01. The van der Waals surface area contributed by atoms with Gasteiger partial charge in [0.1, 0.15) is 11.5 Å². The van der Waals surface area contributed by atoms with Gasteiger partial charge in [-0.1, -0.05) is 31.0 Å². The first-order chi connectivity index (χ1) is 11.9. The third-order valence-corrected chi connectivity index (χ3v) is 5.71. The van der Waals surface area contributed by atoms with Gasteiger partial charge in [-0.3, -0.25) is 9.59 Å². The lowest BCUT2D eigenvalue weighted by Crippen LogP contribution is -2.44. The fraction of sp³-hybridized carbons (Fsp3) is 0.619. The molecular formula is C21H29NO3. The average Bonchev–Trinajstić information content (AvgIpc) is 3.03. The molecule has 4 nitrogen and oxygen atoms in total. The maximum absolute atomic E-state index is 13.3. The van der Waals surface area contributed by atoms with Gasteiger partial charge in [-0.15, -0.1) is 0 Å². The molecule has 3 rings (SSSR count). The van der Waals surface area contributed by atoms with E-state index in [1.54, 1.807) is 0 Å². The molecule has 1 N–H and O–H groups in total. The van der Waals surface area contributed by atoms with Crippen LogP contribution in [0.3, 0.4) is 0 Å². The number of carbonyl (C=O) groups excluding carboxylic acids is 2. The summed E-state index contributed by atoms with van der Waals surface area (Å²) in [5.74, 6) is -0.779. The van der Waals surface area contributed by atoms with Gasteiger partial charge in [-0.25, -0.2) is 0 Å². The quantitative estimate of drug-likeness (QED) is 0.657. The SMILES string of the molecule is CCCCOC1CCC2(C1)NC(=O)C(c1c(C)cc(C)cc1C)C2=O. The molecule has 1 spiro atoms. The number of rotatable bonds is 5. The maximum Gasteiger partial charge on any atom is 0.235 e. The summed E-state index contributed by atoms with van der Waals surface area (Å²) in [6.45, 7) is 8.89. The van der Waals surface area contributed by atoms with Gasteiger partial charge in [0.15, 0.2) is 5.78 Å². The molecule has 0 radical (unpaired) electrons. The molecular weight excluding hydrogens is 314 g/mol. The van der Waals surface area contributed by atoms with Crippen molar-refractivity contribution in [1.29, 1.82) is 0 Å². The highest BCUT2D eigenvalue weighted by Gasteiger charge is 2.56. The molecule has 136 valence electrons. The summed E-state index contributed by atoms with van der Waals surface area (Å²) >= 11 is 0. The monoisotopic (exact) mass is 343 g/mol. The number of hydrogen-bond acceptors (Lipinski definition) is 3. The number of ketones is 1. The van der Waals surface area contributed by atoms with Crippen LogP contribution in [0.15, 0.2) is 12.1 Å². The van der Waals surface area contributed by atoms with E-state index < -0.39 is 11.5 Å². The van der Waals surface area contributed by atoms with Gasteiger partial charge in [0, 0.05) is 13.0 Å². The zero-order valence-electron chi connectivity index (χ0n) is 15.8. The van der Waals surface area contributed by atoms with Crippen molar-refractivity contribution in [1.82, 2.24) is 5.32 Å². The van der Waals surface area contributed by atoms with Crippen LogP contribution < -0.4 is 5.32 Å². The molecule has 0 bridgehead atoms. The Morgan fingerprint density at radius 3 is 2.52 bits per heavy atom. The molecule has 1 saturated carbocycles. The van der Waals surface area contributed by atoms with Crippen molar-refractivity contribution in [2.75, 3.05) is 6.61 Å². The largest absolute Gasteiger partial charge is 0.378 e. The number of nitrogens with one attached hydrogen (secondary N) is 1. The number of carbonyl (C=O) groups is 2. The fourth-order valence-corrected chi connectivity index (χ4v) is 4.55. The van der Waals surface area contributed by atoms with E-state index in [0.717, 1.165) is 48.1 Å². The summed E-state index contributed by atoms with van der Waals surface area (Å²) in [7, 11) is 0. The Labute approximate surface area is 150 Å². The molecule has 2 aliphatic rings. The summed E-state index contributed by atoms with van der Waals surface area (Å²) in [5.41, 5.74) is 3.38. The minimum absolute atomic E-state index is 0.0362. The maximum atomic E-state index is 13.3. The third kappa shape index (κ3) is 3.24. The first-order valence-corrected chi connectivity index (χ1v) is 9.43. The Morgan fingerprint density at radius 1 is 1.20 bits per heavy atom. The smallest absolute Gasteiger partial charge is 0.235 e. The van der Waals surface area contributed by atoms with Crippen LogP contribution >= 0.6 is 0 Å². The topological polar surface area (TPSA) is 55.4 Å². The highest BCUT2D eigenvalue weighted by atomic mass is 16.5. The third-order valence-electron chi connectivity index (χ3n) is 5.71. The molecule has 1 aliphatic heterocycles. The summed E-state index contributed by atoms with van der Waals surface area (Å²) < 4.78 is 5.91. The van der Waals surface area contributed by atoms with E-state index in [2.05, 4.69) is 24.4 Å². The number of Topliss-reactive ketones (excluding diaryl/α,β-unsaturated/α-hetero) is 1.